The molecule has 0 aliphatic carbocycles. The van der Waals surface area contributed by atoms with Gasteiger partial charge in [-0.3, -0.25) is 0 Å². The quantitative estimate of drug-likeness (QED) is 0.480. The number of para-hydroxylation sites is 2. The number of nitrogens with two attached hydrogens (primary N) is 1. The molecule has 0 saturated carbocycles. The van der Waals surface area contributed by atoms with Crippen LogP contribution < -0.4 is 5.73 Å². The van der Waals surface area contributed by atoms with Crippen LogP contribution in [0.3, 0.4) is 0 Å². The highest BCUT2D eigenvalue weighted by molar-refractivity contribution is 9.10. The first-order valence-electron chi connectivity index (χ1n) is 6.79. The molecule has 4 aromatic rings. The molecule has 3 aromatic carbocycles. The lowest BCUT2D eigenvalue weighted by Crippen LogP contribution is -1.96. The first kappa shape index (κ1) is 12.5. The van der Waals surface area contributed by atoms with Crippen LogP contribution >= 0.6 is 15.9 Å². The van der Waals surface area contributed by atoms with Crippen molar-refractivity contribution in [1.29, 1.82) is 0 Å². The molecule has 0 atom stereocenters. The maximum Gasteiger partial charge on any atom is 0.0605 e. The number of rotatable bonds is 1. The summed E-state index contributed by atoms with van der Waals surface area (Å²) in [5.41, 5.74) is 10.1. The third kappa shape index (κ3) is 1.85. The van der Waals surface area contributed by atoms with Gasteiger partial charge in [-0.1, -0.05) is 36.4 Å². The van der Waals surface area contributed by atoms with Crippen LogP contribution in [0.25, 0.3) is 27.5 Å². The van der Waals surface area contributed by atoms with E-state index in [2.05, 4.69) is 75.1 Å². The zero-order chi connectivity index (χ0) is 14.4. The normalized spacial score (nSPS) is 11.3. The Morgan fingerprint density at radius 1 is 0.762 bits per heavy atom. The van der Waals surface area contributed by atoms with Gasteiger partial charge in [0.1, 0.15) is 0 Å². The lowest BCUT2D eigenvalue weighted by molar-refractivity contribution is 1.17. The maximum atomic E-state index is 5.87. The topological polar surface area (TPSA) is 30.9 Å². The number of nitrogen functional groups attached to an aromatic ring is 1. The summed E-state index contributed by atoms with van der Waals surface area (Å²) in [5.74, 6) is 0. The first-order chi connectivity index (χ1) is 10.3. The zero-order valence-corrected chi connectivity index (χ0v) is 12.8. The molecular weight excluding hydrogens is 324 g/mol. The Morgan fingerprint density at radius 3 is 1.90 bits per heavy atom. The van der Waals surface area contributed by atoms with E-state index in [0.717, 1.165) is 15.8 Å². The van der Waals surface area contributed by atoms with Gasteiger partial charge in [-0.25, -0.2) is 0 Å². The Labute approximate surface area is 130 Å². The Hall–Kier alpha value is -2.26. The second-order valence-corrected chi connectivity index (χ2v) is 5.93. The maximum absolute atomic E-state index is 5.87. The van der Waals surface area contributed by atoms with Crippen molar-refractivity contribution in [3.05, 3.63) is 71.2 Å². The fourth-order valence-corrected chi connectivity index (χ4v) is 3.46. The van der Waals surface area contributed by atoms with Crippen molar-refractivity contribution in [2.75, 3.05) is 5.73 Å². The van der Waals surface area contributed by atoms with Crippen molar-refractivity contribution < 1.29 is 0 Å². The van der Waals surface area contributed by atoms with E-state index in [9.17, 15) is 0 Å². The van der Waals surface area contributed by atoms with E-state index in [4.69, 9.17) is 5.73 Å². The summed E-state index contributed by atoms with van der Waals surface area (Å²) in [6.45, 7) is 0. The number of hydrogen-bond donors (Lipinski definition) is 1. The number of benzene rings is 3. The van der Waals surface area contributed by atoms with Gasteiger partial charge in [0.15, 0.2) is 0 Å². The van der Waals surface area contributed by atoms with E-state index >= 15 is 0 Å². The van der Waals surface area contributed by atoms with Crippen molar-refractivity contribution in [2.24, 2.45) is 0 Å². The van der Waals surface area contributed by atoms with Gasteiger partial charge in [-0.15, -0.1) is 0 Å². The summed E-state index contributed by atoms with van der Waals surface area (Å²) in [5, 5.41) is 2.52. The summed E-state index contributed by atoms with van der Waals surface area (Å²) in [4.78, 5) is 0. The van der Waals surface area contributed by atoms with Gasteiger partial charge < -0.3 is 10.3 Å². The molecule has 0 fully saturated rings. The molecule has 0 aliphatic rings. The Morgan fingerprint density at radius 2 is 1.33 bits per heavy atom. The highest BCUT2D eigenvalue weighted by Gasteiger charge is 2.13. The minimum Gasteiger partial charge on any atom is -0.399 e. The lowest BCUT2D eigenvalue weighted by atomic mass is 10.2. The molecular formula is C18H13BrN2. The number of aromatic nitrogens is 1. The van der Waals surface area contributed by atoms with Gasteiger partial charge in [-0.2, -0.15) is 0 Å². The molecule has 21 heavy (non-hydrogen) atoms. The van der Waals surface area contributed by atoms with Crippen LogP contribution in [-0.2, 0) is 0 Å². The molecule has 0 spiro atoms. The Kier molecular flexibility index (Phi) is 2.76. The van der Waals surface area contributed by atoms with Crippen LogP contribution in [0.2, 0.25) is 0 Å². The zero-order valence-electron chi connectivity index (χ0n) is 11.3. The molecule has 4 rings (SSSR count). The third-order valence-corrected chi connectivity index (χ3v) is 4.43. The summed E-state index contributed by atoms with van der Waals surface area (Å²) >= 11 is 3.64. The van der Waals surface area contributed by atoms with E-state index in [-0.39, 0.29) is 0 Å². The molecule has 102 valence electrons. The van der Waals surface area contributed by atoms with Crippen LogP contribution in [0.1, 0.15) is 0 Å². The van der Waals surface area contributed by atoms with Crippen molar-refractivity contribution in [2.45, 2.75) is 0 Å². The number of fused-ring (bicyclic) bond motifs is 3. The fourth-order valence-electron chi connectivity index (χ4n) is 2.89. The van der Waals surface area contributed by atoms with Gasteiger partial charge >= 0.3 is 0 Å². The Bertz CT molecular complexity index is 916. The number of anilines is 1. The highest BCUT2D eigenvalue weighted by Crippen LogP contribution is 2.34. The smallest absolute Gasteiger partial charge is 0.0605 e. The molecule has 1 heterocycles. The van der Waals surface area contributed by atoms with Crippen molar-refractivity contribution in [3.8, 4) is 5.69 Å². The molecule has 0 saturated heterocycles. The van der Waals surface area contributed by atoms with Crippen molar-refractivity contribution in [1.82, 2.24) is 4.57 Å². The number of hydrogen-bond acceptors (Lipinski definition) is 1. The molecule has 0 unspecified atom stereocenters. The van der Waals surface area contributed by atoms with Gasteiger partial charge in [0.25, 0.3) is 0 Å². The molecule has 0 radical (unpaired) electrons. The van der Waals surface area contributed by atoms with Gasteiger partial charge in [0, 0.05) is 20.9 Å². The van der Waals surface area contributed by atoms with E-state index < -0.39 is 0 Å². The van der Waals surface area contributed by atoms with Crippen LogP contribution in [0.5, 0.6) is 0 Å². The SMILES string of the molecule is Nc1ccc(-n2c3ccccc3c3ccccc32)c(Br)c1. The lowest BCUT2D eigenvalue weighted by Gasteiger charge is -2.10. The van der Waals surface area contributed by atoms with E-state index in [1.807, 2.05) is 12.1 Å². The second kappa shape index (κ2) is 4.64. The number of nitrogens with zero attached hydrogens (tertiary/aromatic N) is 1. The minimum atomic E-state index is 0.756. The van der Waals surface area contributed by atoms with Crippen molar-refractivity contribution >= 4 is 43.4 Å². The monoisotopic (exact) mass is 336 g/mol. The van der Waals surface area contributed by atoms with Gasteiger partial charge in [-0.05, 0) is 46.3 Å². The molecule has 3 heteroatoms. The fraction of sp³-hybridized carbons (Fsp3) is 0. The summed E-state index contributed by atoms with van der Waals surface area (Å²) in [6.07, 6.45) is 0. The van der Waals surface area contributed by atoms with Gasteiger partial charge in [0.2, 0.25) is 0 Å². The molecule has 0 bridgehead atoms. The molecule has 2 N–H and O–H groups in total. The predicted octanol–water partition coefficient (Wildman–Crippen LogP) is 5.13. The number of halogens is 1. The largest absolute Gasteiger partial charge is 0.399 e. The van der Waals surface area contributed by atoms with E-state index in [1.54, 1.807) is 0 Å². The second-order valence-electron chi connectivity index (χ2n) is 5.08. The predicted molar refractivity (Wildman–Crippen MR) is 92.9 cm³/mol. The molecule has 0 amide bonds. The standard InChI is InChI=1S/C18H13BrN2/c19-15-11-12(20)9-10-18(15)21-16-7-3-1-5-13(16)14-6-2-4-8-17(14)21/h1-11H,20H2. The third-order valence-electron chi connectivity index (χ3n) is 3.79. The van der Waals surface area contributed by atoms with E-state index in [1.165, 1.54) is 21.8 Å². The molecule has 0 aliphatic heterocycles. The summed E-state index contributed by atoms with van der Waals surface area (Å²) < 4.78 is 3.27. The highest BCUT2D eigenvalue weighted by atomic mass is 79.9. The van der Waals surface area contributed by atoms with Gasteiger partial charge in [0.05, 0.1) is 16.7 Å². The Balaban J connectivity index is 2.20. The summed E-state index contributed by atoms with van der Waals surface area (Å²) in [7, 11) is 0. The first-order valence-corrected chi connectivity index (χ1v) is 7.58. The molecule has 1 aromatic heterocycles. The van der Waals surface area contributed by atoms with Crippen LogP contribution in [0.15, 0.2) is 71.2 Å². The van der Waals surface area contributed by atoms with Crippen molar-refractivity contribution in [3.63, 3.8) is 0 Å². The average molecular weight is 337 g/mol. The van der Waals surface area contributed by atoms with E-state index in [0.29, 0.717) is 0 Å². The van der Waals surface area contributed by atoms with Crippen LogP contribution in [0.4, 0.5) is 5.69 Å². The summed E-state index contributed by atoms with van der Waals surface area (Å²) in [6, 6.07) is 22.9. The molecule has 2 nitrogen and oxygen atoms in total. The van der Waals surface area contributed by atoms with Crippen LogP contribution in [-0.4, -0.2) is 4.57 Å². The van der Waals surface area contributed by atoms with Crippen LogP contribution in [0, 0.1) is 0 Å². The average Bonchev–Trinajstić information content (AvgIpc) is 2.82. The minimum absolute atomic E-state index is 0.756.